The van der Waals surface area contributed by atoms with Crippen molar-refractivity contribution in [3.63, 3.8) is 0 Å². The zero-order valence-corrected chi connectivity index (χ0v) is 14.1. The molecular weight excluding hydrogens is 345 g/mol. The van der Waals surface area contributed by atoms with Crippen LogP contribution in [0.3, 0.4) is 0 Å². The van der Waals surface area contributed by atoms with E-state index in [1.165, 1.54) is 12.1 Å². The fourth-order valence-electron chi connectivity index (χ4n) is 3.21. The van der Waals surface area contributed by atoms with Crippen molar-refractivity contribution in [1.82, 2.24) is 19.8 Å². The van der Waals surface area contributed by atoms with Gasteiger partial charge in [0.05, 0.1) is 23.1 Å². The van der Waals surface area contributed by atoms with Crippen molar-refractivity contribution < 1.29 is 17.7 Å². The average Bonchev–Trinajstić information content (AvgIpc) is 3.19. The topological polar surface area (TPSA) is 47.1 Å². The Morgan fingerprint density at radius 2 is 1.92 bits per heavy atom. The Kier molecular flexibility index (Phi) is 4.07. The molecule has 0 aliphatic carbocycles. The molecule has 3 heterocycles. The third-order valence-corrected chi connectivity index (χ3v) is 4.63. The number of benzene rings is 1. The number of halogens is 3. The lowest BCUT2D eigenvalue weighted by atomic mass is 9.94. The standard InChI is InChI=1S/C18H17F3N4O/c1-12-11-26-23-17(12)14-9-24(10-14)7-13-6-22-25(8-13)16-4-2-15(3-5-16)18(19,20)21/h2-6,8,11,14H,7,9-10H2,1H3. The third-order valence-electron chi connectivity index (χ3n) is 4.63. The van der Waals surface area contributed by atoms with E-state index in [0.717, 1.165) is 48.6 Å². The van der Waals surface area contributed by atoms with Gasteiger partial charge in [-0.2, -0.15) is 18.3 Å². The van der Waals surface area contributed by atoms with Crippen LogP contribution < -0.4 is 0 Å². The van der Waals surface area contributed by atoms with Crippen LogP contribution in [-0.4, -0.2) is 32.9 Å². The van der Waals surface area contributed by atoms with E-state index in [4.69, 9.17) is 4.52 Å². The van der Waals surface area contributed by atoms with Gasteiger partial charge < -0.3 is 4.52 Å². The van der Waals surface area contributed by atoms with Crippen molar-refractivity contribution >= 4 is 0 Å². The van der Waals surface area contributed by atoms with Crippen LogP contribution in [0, 0.1) is 6.92 Å². The van der Waals surface area contributed by atoms with E-state index in [0.29, 0.717) is 11.6 Å². The van der Waals surface area contributed by atoms with Gasteiger partial charge in [-0.15, -0.1) is 0 Å². The molecule has 8 heteroatoms. The van der Waals surface area contributed by atoms with Crippen LogP contribution in [0.15, 0.2) is 47.4 Å². The van der Waals surface area contributed by atoms with Gasteiger partial charge in [0, 0.05) is 42.9 Å². The number of nitrogens with zero attached hydrogens (tertiary/aromatic N) is 4. The Morgan fingerprint density at radius 3 is 2.54 bits per heavy atom. The number of alkyl halides is 3. The predicted octanol–water partition coefficient (Wildman–Crippen LogP) is 3.79. The number of aryl methyl sites for hydroxylation is 1. The second kappa shape index (κ2) is 6.28. The molecule has 0 bridgehead atoms. The molecule has 1 aromatic carbocycles. The van der Waals surface area contributed by atoms with E-state index in [1.54, 1.807) is 17.1 Å². The summed E-state index contributed by atoms with van der Waals surface area (Å²) < 4.78 is 44.5. The Bertz CT molecular complexity index is 892. The van der Waals surface area contributed by atoms with Crippen molar-refractivity contribution in [3.05, 3.63) is 65.3 Å². The molecule has 0 saturated carbocycles. The van der Waals surface area contributed by atoms with E-state index < -0.39 is 11.7 Å². The van der Waals surface area contributed by atoms with Crippen molar-refractivity contribution in [1.29, 1.82) is 0 Å². The van der Waals surface area contributed by atoms with Crippen LogP contribution in [0.2, 0.25) is 0 Å². The quantitative estimate of drug-likeness (QED) is 0.709. The molecular formula is C18H17F3N4O. The van der Waals surface area contributed by atoms with Crippen LogP contribution in [-0.2, 0) is 12.7 Å². The Labute approximate surface area is 148 Å². The van der Waals surface area contributed by atoms with Gasteiger partial charge in [-0.25, -0.2) is 4.68 Å². The number of rotatable bonds is 4. The minimum Gasteiger partial charge on any atom is -0.364 e. The minimum absolute atomic E-state index is 0.388. The van der Waals surface area contributed by atoms with Crippen molar-refractivity contribution in [2.45, 2.75) is 25.6 Å². The van der Waals surface area contributed by atoms with E-state index in [1.807, 2.05) is 13.1 Å². The molecule has 26 heavy (non-hydrogen) atoms. The monoisotopic (exact) mass is 362 g/mol. The van der Waals surface area contributed by atoms with Gasteiger partial charge in [0.1, 0.15) is 6.26 Å². The summed E-state index contributed by atoms with van der Waals surface area (Å²) in [5.74, 6) is 0.388. The Morgan fingerprint density at radius 1 is 1.19 bits per heavy atom. The summed E-state index contributed by atoms with van der Waals surface area (Å²) in [6.07, 6.45) is 0.916. The summed E-state index contributed by atoms with van der Waals surface area (Å²) in [6.45, 7) is 4.54. The van der Waals surface area contributed by atoms with E-state index in [-0.39, 0.29) is 0 Å². The highest BCUT2D eigenvalue weighted by molar-refractivity contribution is 5.35. The van der Waals surface area contributed by atoms with Gasteiger partial charge in [0.2, 0.25) is 0 Å². The molecule has 0 unspecified atom stereocenters. The predicted molar refractivity (Wildman–Crippen MR) is 87.8 cm³/mol. The zero-order valence-electron chi connectivity index (χ0n) is 14.1. The summed E-state index contributed by atoms with van der Waals surface area (Å²) in [5, 5.41) is 8.30. The number of likely N-dealkylation sites (tertiary alicyclic amines) is 1. The normalized spacial score (nSPS) is 16.0. The van der Waals surface area contributed by atoms with Gasteiger partial charge in [-0.05, 0) is 31.2 Å². The molecule has 0 amide bonds. The van der Waals surface area contributed by atoms with Crippen LogP contribution in [0.1, 0.15) is 28.3 Å². The number of hydrogen-bond donors (Lipinski definition) is 0. The van der Waals surface area contributed by atoms with Crippen LogP contribution in [0.4, 0.5) is 13.2 Å². The third kappa shape index (κ3) is 3.24. The average molecular weight is 362 g/mol. The largest absolute Gasteiger partial charge is 0.416 e. The summed E-state index contributed by atoms with van der Waals surface area (Å²) >= 11 is 0. The van der Waals surface area contributed by atoms with Gasteiger partial charge in [0.15, 0.2) is 0 Å². The van der Waals surface area contributed by atoms with Crippen molar-refractivity contribution in [2.75, 3.05) is 13.1 Å². The van der Waals surface area contributed by atoms with Gasteiger partial charge >= 0.3 is 6.18 Å². The molecule has 5 nitrogen and oxygen atoms in total. The van der Waals surface area contributed by atoms with Crippen molar-refractivity contribution in [3.8, 4) is 5.69 Å². The smallest absolute Gasteiger partial charge is 0.364 e. The molecule has 1 saturated heterocycles. The number of aromatic nitrogens is 3. The molecule has 0 atom stereocenters. The second-order valence-electron chi connectivity index (χ2n) is 6.61. The first kappa shape index (κ1) is 16.8. The SMILES string of the molecule is Cc1conc1C1CN(Cc2cnn(-c3ccc(C(F)(F)F)cc3)c2)C1. The lowest BCUT2D eigenvalue weighted by molar-refractivity contribution is -0.137. The minimum atomic E-state index is -4.33. The lowest BCUT2D eigenvalue weighted by Gasteiger charge is -2.38. The summed E-state index contributed by atoms with van der Waals surface area (Å²) in [7, 11) is 0. The van der Waals surface area contributed by atoms with Crippen molar-refractivity contribution in [2.24, 2.45) is 0 Å². The summed E-state index contributed by atoms with van der Waals surface area (Å²) in [4.78, 5) is 2.27. The molecule has 0 radical (unpaired) electrons. The van der Waals surface area contributed by atoms with Crippen LogP contribution >= 0.6 is 0 Å². The van der Waals surface area contributed by atoms with Gasteiger partial charge in [-0.1, -0.05) is 5.16 Å². The van der Waals surface area contributed by atoms with E-state index in [2.05, 4.69) is 15.2 Å². The van der Waals surface area contributed by atoms with Gasteiger partial charge in [-0.3, -0.25) is 4.90 Å². The fourth-order valence-corrected chi connectivity index (χ4v) is 3.21. The highest BCUT2D eigenvalue weighted by atomic mass is 19.4. The van der Waals surface area contributed by atoms with E-state index in [9.17, 15) is 13.2 Å². The summed E-state index contributed by atoms with van der Waals surface area (Å²) in [5.41, 5.74) is 3.04. The molecule has 1 aliphatic rings. The lowest BCUT2D eigenvalue weighted by Crippen LogP contribution is -2.44. The molecule has 4 rings (SSSR count). The van der Waals surface area contributed by atoms with Crippen LogP contribution in [0.25, 0.3) is 5.69 Å². The molecule has 1 fully saturated rings. The first-order valence-corrected chi connectivity index (χ1v) is 8.24. The summed E-state index contributed by atoms with van der Waals surface area (Å²) in [6, 6.07) is 4.98. The maximum Gasteiger partial charge on any atom is 0.416 e. The highest BCUT2D eigenvalue weighted by Crippen LogP contribution is 2.30. The molecule has 1 aliphatic heterocycles. The first-order chi connectivity index (χ1) is 12.4. The maximum absolute atomic E-state index is 12.6. The Balaban J connectivity index is 1.38. The highest BCUT2D eigenvalue weighted by Gasteiger charge is 2.32. The van der Waals surface area contributed by atoms with E-state index >= 15 is 0 Å². The Hall–Kier alpha value is -2.61. The van der Waals surface area contributed by atoms with Gasteiger partial charge in [0.25, 0.3) is 0 Å². The molecule has 3 aromatic rings. The fraction of sp³-hybridized carbons (Fsp3) is 0.333. The zero-order chi connectivity index (χ0) is 18.3. The second-order valence-corrected chi connectivity index (χ2v) is 6.61. The first-order valence-electron chi connectivity index (χ1n) is 8.24. The molecule has 0 N–H and O–H groups in total. The van der Waals surface area contributed by atoms with Crippen LogP contribution in [0.5, 0.6) is 0 Å². The maximum atomic E-state index is 12.6. The molecule has 0 spiro atoms. The molecule has 2 aromatic heterocycles. The molecule has 136 valence electrons. The number of hydrogen-bond acceptors (Lipinski definition) is 4.